The molecule has 2 nitrogen and oxygen atoms in total. The van der Waals surface area contributed by atoms with Gasteiger partial charge in [0.2, 0.25) is 0 Å². The molecule has 4 rings (SSSR count). The van der Waals surface area contributed by atoms with Crippen molar-refractivity contribution in [3.05, 3.63) is 29.3 Å². The highest BCUT2D eigenvalue weighted by Crippen LogP contribution is 2.46. The van der Waals surface area contributed by atoms with Crippen LogP contribution in [-0.2, 0) is 0 Å². The Balaban J connectivity index is 1.30. The van der Waals surface area contributed by atoms with Crippen LogP contribution in [0.4, 0.5) is 5.69 Å². The van der Waals surface area contributed by atoms with Crippen LogP contribution < -0.4 is 4.90 Å². The molecule has 0 aromatic heterocycles. The fraction of sp³-hybridized carbons (Fsp3) is 0.714. The van der Waals surface area contributed by atoms with E-state index in [1.54, 1.807) is 0 Å². The third kappa shape index (κ3) is 3.15. The largest absolute Gasteiger partial charge is 0.369 e. The van der Waals surface area contributed by atoms with Crippen molar-refractivity contribution in [2.75, 3.05) is 37.6 Å². The van der Waals surface area contributed by atoms with E-state index >= 15 is 0 Å². The van der Waals surface area contributed by atoms with E-state index in [4.69, 9.17) is 0 Å². The van der Waals surface area contributed by atoms with Gasteiger partial charge < -0.3 is 4.90 Å². The SMILES string of the molecule is Cc1cccc(N2CCN(CC3CC4CCCC4C3)CC2)c1C. The van der Waals surface area contributed by atoms with E-state index in [9.17, 15) is 0 Å². The second-order valence-corrected chi connectivity index (χ2v) is 8.30. The maximum Gasteiger partial charge on any atom is 0.0399 e. The normalized spacial score (nSPS) is 31.6. The first-order valence-corrected chi connectivity index (χ1v) is 9.74. The van der Waals surface area contributed by atoms with Gasteiger partial charge in [-0.25, -0.2) is 0 Å². The molecule has 2 heteroatoms. The maximum atomic E-state index is 2.74. The maximum absolute atomic E-state index is 2.74. The molecule has 126 valence electrons. The monoisotopic (exact) mass is 312 g/mol. The average Bonchev–Trinajstić information content (AvgIpc) is 3.12. The van der Waals surface area contributed by atoms with Crippen LogP contribution in [-0.4, -0.2) is 37.6 Å². The van der Waals surface area contributed by atoms with E-state index in [-0.39, 0.29) is 0 Å². The number of piperazine rings is 1. The Kier molecular flexibility index (Phi) is 4.36. The number of fused-ring (bicyclic) bond motifs is 1. The first-order chi connectivity index (χ1) is 11.2. The minimum Gasteiger partial charge on any atom is -0.369 e. The molecule has 3 fully saturated rings. The molecular weight excluding hydrogens is 280 g/mol. The molecule has 0 spiro atoms. The minimum absolute atomic E-state index is 0.998. The van der Waals surface area contributed by atoms with Crippen molar-refractivity contribution < 1.29 is 0 Å². The zero-order valence-corrected chi connectivity index (χ0v) is 14.9. The molecule has 3 aliphatic rings. The van der Waals surface area contributed by atoms with Crippen LogP contribution in [0.2, 0.25) is 0 Å². The highest BCUT2D eigenvalue weighted by molar-refractivity contribution is 5.56. The van der Waals surface area contributed by atoms with Gasteiger partial charge >= 0.3 is 0 Å². The molecule has 1 saturated heterocycles. The van der Waals surface area contributed by atoms with Crippen molar-refractivity contribution in [3.63, 3.8) is 0 Å². The molecule has 1 aromatic carbocycles. The number of anilines is 1. The van der Waals surface area contributed by atoms with Gasteiger partial charge in [-0.2, -0.15) is 0 Å². The van der Waals surface area contributed by atoms with Crippen LogP contribution >= 0.6 is 0 Å². The van der Waals surface area contributed by atoms with E-state index in [0.29, 0.717) is 0 Å². The van der Waals surface area contributed by atoms with Gasteiger partial charge in [0.25, 0.3) is 0 Å². The van der Waals surface area contributed by atoms with Gasteiger partial charge in [0.1, 0.15) is 0 Å². The van der Waals surface area contributed by atoms with Crippen LogP contribution in [0.3, 0.4) is 0 Å². The van der Waals surface area contributed by atoms with Gasteiger partial charge in [-0.15, -0.1) is 0 Å². The van der Waals surface area contributed by atoms with Gasteiger partial charge in [0.05, 0.1) is 0 Å². The number of nitrogens with zero attached hydrogens (tertiary/aromatic N) is 2. The van der Waals surface area contributed by atoms with Gasteiger partial charge in [-0.1, -0.05) is 31.4 Å². The first kappa shape index (κ1) is 15.5. The van der Waals surface area contributed by atoms with Crippen LogP contribution in [0.15, 0.2) is 18.2 Å². The Morgan fingerprint density at radius 1 is 0.957 bits per heavy atom. The van der Waals surface area contributed by atoms with Gasteiger partial charge in [-0.3, -0.25) is 4.90 Å². The summed E-state index contributed by atoms with van der Waals surface area (Å²) in [6.45, 7) is 10.8. The predicted molar refractivity (Wildman–Crippen MR) is 98.1 cm³/mol. The second kappa shape index (κ2) is 6.47. The number of hydrogen-bond acceptors (Lipinski definition) is 2. The second-order valence-electron chi connectivity index (χ2n) is 8.30. The number of benzene rings is 1. The van der Waals surface area contributed by atoms with E-state index in [2.05, 4.69) is 41.8 Å². The lowest BCUT2D eigenvalue weighted by Gasteiger charge is -2.38. The minimum atomic E-state index is 0.998. The summed E-state index contributed by atoms with van der Waals surface area (Å²) in [6, 6.07) is 6.74. The molecule has 23 heavy (non-hydrogen) atoms. The number of aryl methyl sites for hydroxylation is 1. The summed E-state index contributed by atoms with van der Waals surface area (Å²) in [5.41, 5.74) is 4.34. The van der Waals surface area contributed by atoms with Gasteiger partial charge in [0, 0.05) is 38.4 Å². The lowest BCUT2D eigenvalue weighted by molar-refractivity contribution is 0.215. The van der Waals surface area contributed by atoms with Gasteiger partial charge in [0.15, 0.2) is 0 Å². The van der Waals surface area contributed by atoms with Crippen LogP contribution in [0, 0.1) is 31.6 Å². The number of hydrogen-bond donors (Lipinski definition) is 0. The zero-order valence-electron chi connectivity index (χ0n) is 14.9. The molecule has 0 bridgehead atoms. The Morgan fingerprint density at radius 2 is 1.65 bits per heavy atom. The van der Waals surface area contributed by atoms with Crippen molar-refractivity contribution in [2.24, 2.45) is 17.8 Å². The molecule has 0 amide bonds. The van der Waals surface area contributed by atoms with Crippen molar-refractivity contribution in [1.29, 1.82) is 0 Å². The average molecular weight is 313 g/mol. The summed E-state index contributed by atoms with van der Waals surface area (Å²) < 4.78 is 0. The molecule has 2 saturated carbocycles. The fourth-order valence-electron chi connectivity index (χ4n) is 5.45. The Bertz CT molecular complexity index is 533. The summed E-state index contributed by atoms with van der Waals surface area (Å²) in [5.74, 6) is 3.19. The third-order valence-electron chi connectivity index (χ3n) is 6.89. The van der Waals surface area contributed by atoms with Crippen LogP contribution in [0.1, 0.15) is 43.2 Å². The van der Waals surface area contributed by atoms with Crippen LogP contribution in [0.5, 0.6) is 0 Å². The molecule has 1 aliphatic heterocycles. The molecule has 2 atom stereocenters. The summed E-state index contributed by atoms with van der Waals surface area (Å²) in [5, 5.41) is 0. The lowest BCUT2D eigenvalue weighted by Crippen LogP contribution is -2.47. The van der Waals surface area contributed by atoms with E-state index in [1.807, 2.05) is 0 Å². The fourth-order valence-corrected chi connectivity index (χ4v) is 5.45. The molecular formula is C21H32N2. The summed E-state index contributed by atoms with van der Waals surface area (Å²) in [7, 11) is 0. The number of rotatable bonds is 3. The van der Waals surface area contributed by atoms with Crippen LogP contribution in [0.25, 0.3) is 0 Å². The Morgan fingerprint density at radius 3 is 2.35 bits per heavy atom. The predicted octanol–water partition coefficient (Wildman–Crippen LogP) is 4.25. The highest BCUT2D eigenvalue weighted by Gasteiger charge is 2.37. The topological polar surface area (TPSA) is 6.48 Å². The van der Waals surface area contributed by atoms with E-state index in [1.165, 1.54) is 81.6 Å². The molecule has 1 aromatic rings. The molecule has 0 N–H and O–H groups in total. The Labute approximate surface area is 141 Å². The highest BCUT2D eigenvalue weighted by atomic mass is 15.3. The van der Waals surface area contributed by atoms with Crippen molar-refractivity contribution in [2.45, 2.75) is 46.0 Å². The van der Waals surface area contributed by atoms with Crippen molar-refractivity contribution in [3.8, 4) is 0 Å². The van der Waals surface area contributed by atoms with E-state index < -0.39 is 0 Å². The van der Waals surface area contributed by atoms with E-state index in [0.717, 1.165) is 17.8 Å². The summed E-state index contributed by atoms with van der Waals surface area (Å²) in [4.78, 5) is 5.34. The molecule has 2 unspecified atom stereocenters. The Hall–Kier alpha value is -1.02. The zero-order chi connectivity index (χ0) is 15.8. The smallest absolute Gasteiger partial charge is 0.0399 e. The standard InChI is InChI=1S/C21H32N2/c1-16-5-3-8-21(17(16)2)23-11-9-22(10-12-23)15-18-13-19-6-4-7-20(19)14-18/h3,5,8,18-20H,4,6-7,9-15H2,1-2H3. The summed E-state index contributed by atoms with van der Waals surface area (Å²) >= 11 is 0. The lowest BCUT2D eigenvalue weighted by atomic mass is 10.0. The first-order valence-electron chi connectivity index (χ1n) is 9.74. The summed E-state index contributed by atoms with van der Waals surface area (Å²) in [6.07, 6.45) is 7.63. The van der Waals surface area contributed by atoms with Crippen molar-refractivity contribution >= 4 is 5.69 Å². The molecule has 1 heterocycles. The van der Waals surface area contributed by atoms with Gasteiger partial charge in [-0.05, 0) is 61.6 Å². The third-order valence-corrected chi connectivity index (χ3v) is 6.89. The quantitative estimate of drug-likeness (QED) is 0.823. The van der Waals surface area contributed by atoms with Crippen molar-refractivity contribution in [1.82, 2.24) is 4.90 Å². The molecule has 0 radical (unpaired) electrons. The molecule has 2 aliphatic carbocycles.